The molecule has 0 radical (unpaired) electrons. The Morgan fingerprint density at radius 2 is 1.65 bits per heavy atom. The molecule has 0 aliphatic carbocycles. The highest BCUT2D eigenvalue weighted by Gasteiger charge is 2.30. The number of hydrogen-bond donors (Lipinski definition) is 1. The van der Waals surface area contributed by atoms with Gasteiger partial charge in [0.1, 0.15) is 6.04 Å². The summed E-state index contributed by atoms with van der Waals surface area (Å²) in [5, 5.41) is 3.63. The monoisotopic (exact) mass is 540 g/mol. The molecule has 34 heavy (non-hydrogen) atoms. The molecule has 3 aromatic carbocycles. The number of hydrogen-bond acceptors (Lipinski definition) is 2. The maximum Gasteiger partial charge on any atom is 0.243 e. The average molecular weight is 542 g/mol. The molecule has 178 valence electrons. The minimum absolute atomic E-state index is 0.117. The van der Waals surface area contributed by atoms with E-state index in [2.05, 4.69) is 28.2 Å². The normalized spacial score (nSPS) is 11.6. The molecule has 0 aliphatic heterocycles. The lowest BCUT2D eigenvalue weighted by Gasteiger charge is -2.32. The number of halogens is 2. The number of nitrogens with one attached hydrogen (secondary N) is 1. The Bertz CT molecular complexity index is 1090. The maximum atomic E-state index is 13.7. The first-order valence-electron chi connectivity index (χ1n) is 11.6. The van der Waals surface area contributed by atoms with Gasteiger partial charge in [-0.25, -0.2) is 0 Å². The lowest BCUT2D eigenvalue weighted by Crippen LogP contribution is -2.51. The molecule has 0 spiro atoms. The zero-order valence-corrected chi connectivity index (χ0v) is 21.7. The van der Waals surface area contributed by atoms with Crippen molar-refractivity contribution in [3.05, 3.63) is 105 Å². The molecular formula is C28H30BrClN2O2. The van der Waals surface area contributed by atoms with Gasteiger partial charge in [0.2, 0.25) is 11.8 Å². The molecule has 0 fully saturated rings. The van der Waals surface area contributed by atoms with Crippen molar-refractivity contribution < 1.29 is 9.59 Å². The largest absolute Gasteiger partial charge is 0.354 e. The number of amides is 2. The number of carbonyl (C=O) groups excluding carboxylic acids is 2. The minimum Gasteiger partial charge on any atom is -0.354 e. The van der Waals surface area contributed by atoms with Gasteiger partial charge in [-0.3, -0.25) is 9.59 Å². The molecule has 1 atom stereocenters. The fourth-order valence-electron chi connectivity index (χ4n) is 3.82. The highest BCUT2D eigenvalue weighted by Crippen LogP contribution is 2.20. The quantitative estimate of drug-likeness (QED) is 0.294. The van der Waals surface area contributed by atoms with E-state index >= 15 is 0 Å². The molecule has 2 amide bonds. The van der Waals surface area contributed by atoms with Crippen LogP contribution in [0.4, 0.5) is 0 Å². The second-order valence-electron chi connectivity index (χ2n) is 8.31. The number of rotatable bonds is 11. The molecule has 0 aromatic heterocycles. The van der Waals surface area contributed by atoms with Gasteiger partial charge in [0, 0.05) is 29.0 Å². The lowest BCUT2D eigenvalue weighted by molar-refractivity contribution is -0.140. The molecule has 3 aromatic rings. The van der Waals surface area contributed by atoms with Gasteiger partial charge in [-0.15, -0.1) is 0 Å². The summed E-state index contributed by atoms with van der Waals surface area (Å²) in [5.74, 6) is -0.249. The second-order valence-corrected chi connectivity index (χ2v) is 9.66. The summed E-state index contributed by atoms with van der Waals surface area (Å²) in [6.45, 7) is 3.01. The van der Waals surface area contributed by atoms with Crippen molar-refractivity contribution in [2.45, 2.75) is 45.2 Å². The van der Waals surface area contributed by atoms with E-state index in [4.69, 9.17) is 11.6 Å². The van der Waals surface area contributed by atoms with Gasteiger partial charge in [0.15, 0.2) is 0 Å². The Labute approximate surface area is 215 Å². The van der Waals surface area contributed by atoms with E-state index < -0.39 is 6.04 Å². The number of carbonyl (C=O) groups is 2. The van der Waals surface area contributed by atoms with Crippen LogP contribution >= 0.6 is 27.5 Å². The Morgan fingerprint density at radius 3 is 2.35 bits per heavy atom. The van der Waals surface area contributed by atoms with Crippen LogP contribution in [0.5, 0.6) is 0 Å². The molecule has 1 N–H and O–H groups in total. The van der Waals surface area contributed by atoms with Crippen molar-refractivity contribution in [1.29, 1.82) is 0 Å². The van der Waals surface area contributed by atoms with Gasteiger partial charge < -0.3 is 10.2 Å². The molecule has 4 nitrogen and oxygen atoms in total. The van der Waals surface area contributed by atoms with Crippen molar-refractivity contribution in [3.63, 3.8) is 0 Å². The van der Waals surface area contributed by atoms with Crippen molar-refractivity contribution in [3.8, 4) is 0 Å². The Morgan fingerprint density at radius 1 is 0.941 bits per heavy atom. The van der Waals surface area contributed by atoms with E-state index in [1.807, 2.05) is 66.7 Å². The first-order chi connectivity index (χ1) is 16.5. The predicted octanol–water partition coefficient (Wildman–Crippen LogP) is 6.20. The van der Waals surface area contributed by atoms with Crippen LogP contribution in [-0.2, 0) is 29.0 Å². The van der Waals surface area contributed by atoms with E-state index in [1.54, 1.807) is 17.0 Å². The summed E-state index contributed by atoms with van der Waals surface area (Å²) in [7, 11) is 0. The zero-order chi connectivity index (χ0) is 24.3. The van der Waals surface area contributed by atoms with E-state index in [9.17, 15) is 9.59 Å². The third kappa shape index (κ3) is 8.00. The molecule has 1 unspecified atom stereocenters. The number of benzene rings is 3. The Hall–Kier alpha value is -2.63. The number of unbranched alkanes of at least 4 members (excludes halogenated alkanes) is 1. The summed E-state index contributed by atoms with van der Waals surface area (Å²) in [6, 6.07) is 24.3. The molecule has 3 rings (SSSR count). The Kier molecular flexibility index (Phi) is 10.2. The lowest BCUT2D eigenvalue weighted by atomic mass is 10.0. The topological polar surface area (TPSA) is 49.4 Å². The molecule has 6 heteroatoms. The fourth-order valence-corrected chi connectivity index (χ4v) is 4.47. The highest BCUT2D eigenvalue weighted by atomic mass is 79.9. The smallest absolute Gasteiger partial charge is 0.243 e. The SMILES string of the molecule is CCCCNC(=O)C(Cc1ccccc1)N(Cc1cccc(Br)c1)C(=O)Cc1cccc(Cl)c1. The van der Waals surface area contributed by atoms with Gasteiger partial charge in [-0.1, -0.05) is 95.5 Å². The van der Waals surface area contributed by atoms with Gasteiger partial charge >= 0.3 is 0 Å². The fraction of sp³-hybridized carbons (Fsp3) is 0.286. The van der Waals surface area contributed by atoms with Crippen LogP contribution in [0.3, 0.4) is 0 Å². The predicted molar refractivity (Wildman–Crippen MR) is 142 cm³/mol. The van der Waals surface area contributed by atoms with Gasteiger partial charge in [-0.05, 0) is 47.4 Å². The van der Waals surface area contributed by atoms with Gasteiger partial charge in [0.25, 0.3) is 0 Å². The molecule has 0 heterocycles. The van der Waals surface area contributed by atoms with Crippen LogP contribution in [-0.4, -0.2) is 29.3 Å². The third-order valence-corrected chi connectivity index (χ3v) is 6.32. The highest BCUT2D eigenvalue weighted by molar-refractivity contribution is 9.10. The van der Waals surface area contributed by atoms with Crippen LogP contribution in [0.15, 0.2) is 83.3 Å². The first-order valence-corrected chi connectivity index (χ1v) is 12.7. The van der Waals surface area contributed by atoms with Crippen LogP contribution in [0.25, 0.3) is 0 Å². The van der Waals surface area contributed by atoms with Crippen LogP contribution in [0, 0.1) is 0 Å². The molecule has 0 bridgehead atoms. The van der Waals surface area contributed by atoms with Crippen molar-refractivity contribution in [2.24, 2.45) is 0 Å². The first kappa shape index (κ1) is 26.0. The molecule has 0 saturated heterocycles. The zero-order valence-electron chi connectivity index (χ0n) is 19.3. The summed E-state index contributed by atoms with van der Waals surface area (Å²) in [5.41, 5.74) is 2.78. The van der Waals surface area contributed by atoms with Crippen molar-refractivity contribution >= 4 is 39.3 Å². The second kappa shape index (κ2) is 13.3. The van der Waals surface area contributed by atoms with E-state index in [0.29, 0.717) is 24.5 Å². The number of nitrogens with zero attached hydrogens (tertiary/aromatic N) is 1. The summed E-state index contributed by atoms with van der Waals surface area (Å²) >= 11 is 9.67. The van der Waals surface area contributed by atoms with E-state index in [1.165, 1.54) is 0 Å². The van der Waals surface area contributed by atoms with Crippen LogP contribution in [0.1, 0.15) is 36.5 Å². The Balaban J connectivity index is 1.94. The summed E-state index contributed by atoms with van der Waals surface area (Å²) in [4.78, 5) is 28.8. The van der Waals surface area contributed by atoms with E-state index in [0.717, 1.165) is 34.0 Å². The molecular weight excluding hydrogens is 512 g/mol. The van der Waals surface area contributed by atoms with Crippen molar-refractivity contribution in [2.75, 3.05) is 6.54 Å². The summed E-state index contributed by atoms with van der Waals surface area (Å²) < 4.78 is 0.930. The van der Waals surface area contributed by atoms with Crippen molar-refractivity contribution in [1.82, 2.24) is 10.2 Å². The third-order valence-electron chi connectivity index (χ3n) is 5.59. The van der Waals surface area contributed by atoms with Crippen LogP contribution < -0.4 is 5.32 Å². The molecule has 0 aliphatic rings. The van der Waals surface area contributed by atoms with E-state index in [-0.39, 0.29) is 18.2 Å². The van der Waals surface area contributed by atoms with Gasteiger partial charge in [-0.2, -0.15) is 0 Å². The van der Waals surface area contributed by atoms with Crippen LogP contribution in [0.2, 0.25) is 5.02 Å². The van der Waals surface area contributed by atoms with Gasteiger partial charge in [0.05, 0.1) is 6.42 Å². The standard InChI is InChI=1S/C28H30BrClN2O2/c1-2-3-15-31-28(34)26(18-21-9-5-4-6-10-21)32(20-23-12-7-13-24(29)16-23)27(33)19-22-11-8-14-25(30)17-22/h4-14,16-17,26H,2-3,15,18-20H2,1H3,(H,31,34). The molecule has 0 saturated carbocycles. The minimum atomic E-state index is -0.634. The average Bonchev–Trinajstić information content (AvgIpc) is 2.82. The maximum absolute atomic E-state index is 13.7. The summed E-state index contributed by atoms with van der Waals surface area (Å²) in [6.07, 6.45) is 2.49.